The lowest BCUT2D eigenvalue weighted by molar-refractivity contribution is -0.146. The predicted octanol–water partition coefficient (Wildman–Crippen LogP) is 1.01. The summed E-state index contributed by atoms with van der Waals surface area (Å²) in [6, 6.07) is 7.30. The van der Waals surface area contributed by atoms with E-state index in [2.05, 4.69) is 14.8 Å². The first kappa shape index (κ1) is 15.0. The van der Waals surface area contributed by atoms with Crippen LogP contribution in [0.2, 0.25) is 0 Å². The summed E-state index contributed by atoms with van der Waals surface area (Å²) in [6.07, 6.45) is -1.99. The summed E-state index contributed by atoms with van der Waals surface area (Å²) in [5.41, 5.74) is 0.495. The second-order valence-corrected chi connectivity index (χ2v) is 3.72. The monoisotopic (exact) mass is 267 g/mol. The van der Waals surface area contributed by atoms with Crippen LogP contribution in [-0.4, -0.2) is 36.9 Å². The van der Waals surface area contributed by atoms with E-state index < -0.39 is 24.2 Å². The number of benzene rings is 1. The Morgan fingerprint density at radius 3 is 2.47 bits per heavy atom. The highest BCUT2D eigenvalue weighted by molar-refractivity contribution is 5.82. The van der Waals surface area contributed by atoms with Crippen molar-refractivity contribution in [3.05, 3.63) is 35.9 Å². The number of alkyl carbamates (subject to hydrolysis) is 1. The van der Waals surface area contributed by atoms with Crippen LogP contribution < -0.4 is 5.32 Å². The second-order valence-electron chi connectivity index (χ2n) is 3.72. The molecule has 0 unspecified atom stereocenters. The Morgan fingerprint density at radius 2 is 1.95 bits per heavy atom. The molecule has 6 heteroatoms. The van der Waals surface area contributed by atoms with Gasteiger partial charge in [-0.25, -0.2) is 9.59 Å². The third kappa shape index (κ3) is 4.26. The average Bonchev–Trinajstić information content (AvgIpc) is 2.44. The minimum Gasteiger partial charge on any atom is -0.467 e. The van der Waals surface area contributed by atoms with Crippen LogP contribution in [0.25, 0.3) is 0 Å². The van der Waals surface area contributed by atoms with Crippen LogP contribution in [-0.2, 0) is 14.3 Å². The molecular formula is C13H17NO5. The van der Waals surface area contributed by atoms with Gasteiger partial charge < -0.3 is 19.9 Å². The molecule has 0 saturated carbocycles. The number of ether oxygens (including phenoxy) is 2. The van der Waals surface area contributed by atoms with Gasteiger partial charge in [0.05, 0.1) is 13.7 Å². The minimum absolute atomic E-state index is 0.168. The molecule has 0 aliphatic carbocycles. The third-order valence-electron chi connectivity index (χ3n) is 2.46. The summed E-state index contributed by atoms with van der Waals surface area (Å²) in [6.45, 7) is 1.81. The van der Waals surface area contributed by atoms with Gasteiger partial charge >= 0.3 is 12.1 Å². The van der Waals surface area contributed by atoms with Crippen LogP contribution in [0.1, 0.15) is 18.6 Å². The Labute approximate surface area is 111 Å². The van der Waals surface area contributed by atoms with Crippen molar-refractivity contribution >= 4 is 12.1 Å². The summed E-state index contributed by atoms with van der Waals surface area (Å²) in [5, 5.41) is 12.4. The van der Waals surface area contributed by atoms with Crippen LogP contribution in [0, 0.1) is 0 Å². The molecule has 2 N–H and O–H groups in total. The van der Waals surface area contributed by atoms with Gasteiger partial charge in [0.15, 0.2) is 6.04 Å². The minimum atomic E-state index is -1.22. The molecule has 0 heterocycles. The Balaban J connectivity index is 2.85. The molecule has 1 amide bonds. The van der Waals surface area contributed by atoms with Gasteiger partial charge in [0.25, 0.3) is 0 Å². The van der Waals surface area contributed by atoms with Crippen molar-refractivity contribution in [2.24, 2.45) is 0 Å². The molecule has 0 saturated heterocycles. The van der Waals surface area contributed by atoms with Gasteiger partial charge in [0.2, 0.25) is 0 Å². The molecule has 104 valence electrons. The van der Waals surface area contributed by atoms with Crippen molar-refractivity contribution in [1.82, 2.24) is 5.32 Å². The topological polar surface area (TPSA) is 84.9 Å². The Kier molecular flexibility index (Phi) is 5.81. The number of aliphatic hydroxyl groups is 1. The van der Waals surface area contributed by atoms with E-state index >= 15 is 0 Å². The largest absolute Gasteiger partial charge is 0.467 e. The Hall–Kier alpha value is -2.08. The zero-order chi connectivity index (χ0) is 14.3. The number of nitrogens with one attached hydrogen (secondary N) is 1. The fraction of sp³-hybridized carbons (Fsp3) is 0.385. The number of carbonyl (C=O) groups excluding carboxylic acids is 2. The molecule has 0 spiro atoms. The number of esters is 1. The molecule has 0 bridgehead atoms. The number of methoxy groups -OCH3 is 1. The van der Waals surface area contributed by atoms with Crippen molar-refractivity contribution in [3.8, 4) is 0 Å². The summed E-state index contributed by atoms with van der Waals surface area (Å²) in [5.74, 6) is -0.746. The number of amides is 1. The summed E-state index contributed by atoms with van der Waals surface area (Å²) in [7, 11) is 1.18. The molecular weight excluding hydrogens is 250 g/mol. The molecule has 0 aliphatic rings. The molecule has 1 aromatic rings. The number of hydrogen-bond acceptors (Lipinski definition) is 5. The number of aliphatic hydroxyl groups excluding tert-OH is 1. The fourth-order valence-corrected chi connectivity index (χ4v) is 1.54. The maximum absolute atomic E-state index is 11.6. The van der Waals surface area contributed by atoms with Crippen LogP contribution >= 0.6 is 0 Å². The van der Waals surface area contributed by atoms with Gasteiger partial charge in [-0.2, -0.15) is 0 Å². The van der Waals surface area contributed by atoms with Gasteiger partial charge in [0, 0.05) is 0 Å². The molecule has 0 fully saturated rings. The predicted molar refractivity (Wildman–Crippen MR) is 67.4 cm³/mol. The highest BCUT2D eigenvalue weighted by atomic mass is 16.6. The van der Waals surface area contributed by atoms with E-state index in [4.69, 9.17) is 0 Å². The zero-order valence-electron chi connectivity index (χ0n) is 10.8. The molecule has 0 radical (unpaired) electrons. The first-order valence-electron chi connectivity index (χ1n) is 5.84. The summed E-state index contributed by atoms with van der Waals surface area (Å²) in [4.78, 5) is 23.0. The van der Waals surface area contributed by atoms with E-state index in [0.717, 1.165) is 0 Å². The summed E-state index contributed by atoms with van der Waals surface area (Å²) < 4.78 is 9.25. The van der Waals surface area contributed by atoms with Crippen molar-refractivity contribution < 1.29 is 24.2 Å². The molecule has 1 rings (SSSR count). The third-order valence-corrected chi connectivity index (χ3v) is 2.46. The zero-order valence-corrected chi connectivity index (χ0v) is 10.8. The highest BCUT2D eigenvalue weighted by Gasteiger charge is 2.30. The first-order valence-corrected chi connectivity index (χ1v) is 5.84. The number of rotatable bonds is 5. The Bertz CT molecular complexity index is 420. The maximum Gasteiger partial charge on any atom is 0.407 e. The highest BCUT2D eigenvalue weighted by Crippen LogP contribution is 2.17. The number of carbonyl (C=O) groups is 2. The molecule has 0 aliphatic heterocycles. The second kappa shape index (κ2) is 7.38. The van der Waals surface area contributed by atoms with Crippen LogP contribution in [0.5, 0.6) is 0 Å². The van der Waals surface area contributed by atoms with E-state index in [-0.39, 0.29) is 6.61 Å². The Morgan fingerprint density at radius 1 is 1.32 bits per heavy atom. The molecule has 6 nitrogen and oxygen atoms in total. The normalized spacial score (nSPS) is 13.2. The van der Waals surface area contributed by atoms with E-state index in [1.165, 1.54) is 7.11 Å². The van der Waals surface area contributed by atoms with Crippen LogP contribution in [0.15, 0.2) is 30.3 Å². The van der Waals surface area contributed by atoms with Crippen LogP contribution in [0.3, 0.4) is 0 Å². The fourth-order valence-electron chi connectivity index (χ4n) is 1.54. The van der Waals surface area contributed by atoms with E-state index in [1.54, 1.807) is 37.3 Å². The average molecular weight is 267 g/mol. The maximum atomic E-state index is 11.6. The quantitative estimate of drug-likeness (QED) is 0.778. The van der Waals surface area contributed by atoms with Gasteiger partial charge in [-0.15, -0.1) is 0 Å². The van der Waals surface area contributed by atoms with Crippen molar-refractivity contribution in [2.45, 2.75) is 19.1 Å². The van der Waals surface area contributed by atoms with Gasteiger partial charge in [-0.1, -0.05) is 30.3 Å². The molecule has 19 heavy (non-hydrogen) atoms. The lowest BCUT2D eigenvalue weighted by Gasteiger charge is -2.21. The lowest BCUT2D eigenvalue weighted by Crippen LogP contribution is -2.45. The van der Waals surface area contributed by atoms with Crippen LogP contribution in [0.4, 0.5) is 4.79 Å². The van der Waals surface area contributed by atoms with E-state index in [0.29, 0.717) is 5.56 Å². The molecule has 0 aromatic heterocycles. The number of hydrogen-bond donors (Lipinski definition) is 2. The molecule has 1 aromatic carbocycles. The van der Waals surface area contributed by atoms with Crippen molar-refractivity contribution in [2.75, 3.05) is 13.7 Å². The standard InChI is InChI=1S/C13H17NO5/c1-3-19-13(17)14-10(12(16)18-2)11(15)9-7-5-4-6-8-9/h4-8,10-11,15H,3H2,1-2H3,(H,14,17)/t10-,11+/m1/s1. The smallest absolute Gasteiger partial charge is 0.407 e. The SMILES string of the molecule is CCOC(=O)N[C@@H](C(=O)OC)[C@@H](O)c1ccccc1. The van der Waals surface area contributed by atoms with Gasteiger partial charge in [-0.05, 0) is 12.5 Å². The first-order chi connectivity index (χ1) is 9.10. The summed E-state index contributed by atoms with van der Waals surface area (Å²) >= 11 is 0. The van der Waals surface area contributed by atoms with E-state index in [1.807, 2.05) is 0 Å². The van der Waals surface area contributed by atoms with Crippen molar-refractivity contribution in [1.29, 1.82) is 0 Å². The molecule has 2 atom stereocenters. The van der Waals surface area contributed by atoms with E-state index in [9.17, 15) is 14.7 Å². The van der Waals surface area contributed by atoms with Gasteiger partial charge in [-0.3, -0.25) is 0 Å². The van der Waals surface area contributed by atoms with Crippen molar-refractivity contribution in [3.63, 3.8) is 0 Å². The lowest BCUT2D eigenvalue weighted by atomic mass is 10.0. The van der Waals surface area contributed by atoms with Gasteiger partial charge in [0.1, 0.15) is 6.10 Å².